The Morgan fingerprint density at radius 2 is 0.952 bits per heavy atom. The summed E-state index contributed by atoms with van der Waals surface area (Å²) in [6.07, 6.45) is -8.91. The number of aliphatic hydroxyl groups is 2. The fourth-order valence-electron chi connectivity index (χ4n) is 6.49. The number of hydrogen-bond donors (Lipinski definition) is 8. The van der Waals surface area contributed by atoms with E-state index in [2.05, 4.69) is 22.0 Å². The van der Waals surface area contributed by atoms with E-state index >= 15 is 0 Å². The number of benzene rings is 2. The molecule has 2 aliphatic heterocycles. The third-order valence-electron chi connectivity index (χ3n) is 9.14. The van der Waals surface area contributed by atoms with Crippen LogP contribution in [0.25, 0.3) is 0 Å². The van der Waals surface area contributed by atoms with Crippen LogP contribution in [0.2, 0.25) is 0 Å². The van der Waals surface area contributed by atoms with E-state index in [1.165, 1.54) is 48.5 Å². The molecular weight excluding hydrogens is 932 g/mol. The molecule has 8 N–H and O–H groups in total. The van der Waals surface area contributed by atoms with E-state index in [0.717, 1.165) is 29.1 Å². The fourth-order valence-corrected chi connectivity index (χ4v) is 11.4. The van der Waals surface area contributed by atoms with Gasteiger partial charge in [-0.1, -0.05) is 60.7 Å². The van der Waals surface area contributed by atoms with Crippen LogP contribution < -0.4 is 22.5 Å². The Bertz CT molecular complexity index is 2780. The van der Waals surface area contributed by atoms with Crippen LogP contribution in [0.4, 0.5) is 0 Å². The van der Waals surface area contributed by atoms with Crippen molar-refractivity contribution in [1.82, 2.24) is 19.1 Å². The molecule has 4 aromatic rings. The Hall–Kier alpha value is -4.46. The maximum absolute atomic E-state index is 13.4. The van der Waals surface area contributed by atoms with E-state index in [4.69, 9.17) is 9.47 Å². The summed E-state index contributed by atoms with van der Waals surface area (Å²) in [6, 6.07) is 16.2. The number of nitrogens with one attached hydrogen (secondary N) is 2. The lowest BCUT2D eigenvalue weighted by atomic mass is 9.89. The molecular formula is C32H34N4O23P4. The van der Waals surface area contributed by atoms with Crippen LogP contribution >= 0.6 is 31.3 Å². The van der Waals surface area contributed by atoms with Gasteiger partial charge in [-0.2, -0.15) is 12.9 Å². The number of aliphatic hydroxyl groups excluding tert-OH is 2. The van der Waals surface area contributed by atoms with E-state index in [9.17, 15) is 76.8 Å². The lowest BCUT2D eigenvalue weighted by molar-refractivity contribution is -0.0527. The lowest BCUT2D eigenvalue weighted by Crippen LogP contribution is -2.38. The molecule has 27 nitrogen and oxygen atoms in total. The maximum Gasteiger partial charge on any atom is 0.490 e. The lowest BCUT2D eigenvalue weighted by Gasteiger charge is -2.22. The van der Waals surface area contributed by atoms with Crippen LogP contribution in [0.1, 0.15) is 33.2 Å². The number of hydrogen-bond acceptors (Lipinski definition) is 19. The van der Waals surface area contributed by atoms with E-state index in [0.29, 0.717) is 4.57 Å². The highest BCUT2D eigenvalue weighted by atomic mass is 31.3. The number of Topliss-reactive ketones (excluding diaryl/α,β-unsaturated/α-hetero) is 2. The number of ketones is 2. The SMILES string of the molecule is O=C(c1ccccc1)[C@@H]1[C@H](O)[C@@H](COP(=O)(O)OP(=O)(O)OP(=O)(O)OP(=O)(O)OC[C@H]2O[C@@H](n3ccc(=O)[nH]c3=O)[C@H](O)[C@@H]2C(=O)c2ccccc2)O[C@H]1n1ccc(=O)[nH]c1=O. The van der Waals surface area contributed by atoms with Crippen LogP contribution in [0.15, 0.2) is 104 Å². The fraction of sp³-hybridized carbons (Fsp3) is 0.312. The monoisotopic (exact) mass is 966 g/mol. The Kier molecular flexibility index (Phi) is 14.4. The van der Waals surface area contributed by atoms with Crippen molar-refractivity contribution in [2.75, 3.05) is 13.2 Å². The molecule has 2 saturated heterocycles. The quantitative estimate of drug-likeness (QED) is 0.0484. The largest absolute Gasteiger partial charge is 0.490 e. The summed E-state index contributed by atoms with van der Waals surface area (Å²) in [5, 5.41) is 22.2. The van der Waals surface area contributed by atoms with Crippen LogP contribution in [0.5, 0.6) is 0 Å². The smallest absolute Gasteiger partial charge is 0.389 e. The maximum atomic E-state index is 13.4. The average molecular weight is 967 g/mol. The minimum atomic E-state index is -6.36. The van der Waals surface area contributed by atoms with Gasteiger partial charge in [-0.15, -0.1) is 0 Å². The van der Waals surface area contributed by atoms with Gasteiger partial charge in [-0.25, -0.2) is 27.8 Å². The van der Waals surface area contributed by atoms with Gasteiger partial charge in [-0.05, 0) is 0 Å². The molecule has 0 radical (unpaired) electrons. The molecule has 0 amide bonds. The van der Waals surface area contributed by atoms with Crippen molar-refractivity contribution in [3.8, 4) is 0 Å². The first-order chi connectivity index (χ1) is 29.5. The van der Waals surface area contributed by atoms with E-state index < -0.39 is 127 Å². The van der Waals surface area contributed by atoms with Crippen molar-refractivity contribution >= 4 is 42.9 Å². The van der Waals surface area contributed by atoms with Crippen LogP contribution in [-0.4, -0.2) is 98.1 Å². The third-order valence-corrected chi connectivity index (χ3v) is 15.0. The highest BCUT2D eigenvalue weighted by Crippen LogP contribution is 2.71. The second kappa shape index (κ2) is 18.9. The van der Waals surface area contributed by atoms with Crippen LogP contribution in [0.3, 0.4) is 0 Å². The number of aromatic nitrogens is 4. The molecule has 2 aromatic carbocycles. The molecule has 2 fully saturated rings. The molecule has 63 heavy (non-hydrogen) atoms. The van der Waals surface area contributed by atoms with Gasteiger partial charge in [0.1, 0.15) is 12.2 Å². The summed E-state index contributed by atoms with van der Waals surface area (Å²) in [5.74, 6) is -4.95. The van der Waals surface area contributed by atoms with Gasteiger partial charge < -0.3 is 39.3 Å². The van der Waals surface area contributed by atoms with Crippen molar-refractivity contribution in [1.29, 1.82) is 0 Å². The minimum Gasteiger partial charge on any atom is -0.389 e. The summed E-state index contributed by atoms with van der Waals surface area (Å²) < 4.78 is 84.5. The van der Waals surface area contributed by atoms with Crippen LogP contribution in [0, 0.1) is 11.8 Å². The molecule has 0 aliphatic carbocycles. The number of ether oxygens (including phenoxy) is 2. The molecule has 2 aliphatic rings. The standard InChI is InChI=1S/C32H34N4O23P4/c37-21-11-13-35(31(43)33-21)29-24(26(40)18-9-5-2-6-10-18)27(41)20(56-29)16-54-61(47,48)58-63(51,52)59-62(49,50)57-60(45,46)53-15-19-23(25(39)17-7-3-1-4-8-17)28(42)30(55-19)36-14-12-22(38)34-32(36)44/h1-14,19-20,23-24,27-30,41-42H,15-16H2,(H,45,46)(H,47,48)(H,49,50)(H,51,52)(H,33,37,43)(H,34,38,44)/t19-,20-,23+,24-,27-,28-,29-,30-/m1/s1. The Labute approximate surface area is 350 Å². The van der Waals surface area contributed by atoms with E-state index in [-0.39, 0.29) is 11.1 Å². The summed E-state index contributed by atoms with van der Waals surface area (Å²) in [7, 11) is -24.6. The van der Waals surface area contributed by atoms with Crippen molar-refractivity contribution in [3.63, 3.8) is 0 Å². The predicted molar refractivity (Wildman–Crippen MR) is 205 cm³/mol. The number of aromatic amines is 2. The van der Waals surface area contributed by atoms with Gasteiger partial charge in [0.15, 0.2) is 24.0 Å². The van der Waals surface area contributed by atoms with Crippen LogP contribution in [-0.2, 0) is 49.7 Å². The number of H-pyrrole nitrogens is 2. The predicted octanol–water partition coefficient (Wildman–Crippen LogP) is 0.0862. The molecule has 4 unspecified atom stereocenters. The molecule has 0 spiro atoms. The molecule has 4 heterocycles. The normalized spacial score (nSPS) is 27.4. The highest BCUT2D eigenvalue weighted by molar-refractivity contribution is 7.69. The van der Waals surface area contributed by atoms with Gasteiger partial charge in [0.05, 0.1) is 37.3 Å². The Morgan fingerprint density at radius 3 is 1.41 bits per heavy atom. The molecule has 2 aromatic heterocycles. The minimum absolute atomic E-state index is 0.00805. The highest BCUT2D eigenvalue weighted by Gasteiger charge is 2.53. The number of carbonyl (C=O) groups is 2. The van der Waals surface area contributed by atoms with Crippen molar-refractivity contribution in [3.05, 3.63) is 138 Å². The van der Waals surface area contributed by atoms with Crippen molar-refractivity contribution < 1.29 is 89.1 Å². The zero-order valence-electron chi connectivity index (χ0n) is 31.4. The van der Waals surface area contributed by atoms with Gasteiger partial charge in [0, 0.05) is 35.7 Å². The molecule has 31 heteroatoms. The molecule has 340 valence electrons. The molecule has 6 rings (SSSR count). The summed E-state index contributed by atoms with van der Waals surface area (Å²) in [4.78, 5) is 120. The number of nitrogens with zero attached hydrogens (tertiary/aromatic N) is 2. The second-order valence-corrected chi connectivity index (χ2v) is 19.6. The number of rotatable bonds is 18. The number of phosphoric acid groups is 4. The number of carbonyl (C=O) groups excluding carboxylic acids is 2. The number of phosphoric ester groups is 2. The first-order valence-electron chi connectivity index (χ1n) is 17.7. The zero-order valence-corrected chi connectivity index (χ0v) is 35.0. The molecule has 0 bridgehead atoms. The molecule has 12 atom stereocenters. The van der Waals surface area contributed by atoms with E-state index in [1.807, 2.05) is 9.97 Å². The zero-order chi connectivity index (χ0) is 46.1. The second-order valence-electron chi connectivity index (χ2n) is 13.4. The van der Waals surface area contributed by atoms with Gasteiger partial charge in [0.25, 0.3) is 11.1 Å². The van der Waals surface area contributed by atoms with Gasteiger partial charge in [0.2, 0.25) is 0 Å². The summed E-state index contributed by atoms with van der Waals surface area (Å²) in [5.41, 5.74) is -3.82. The first kappa shape index (κ1) is 48.0. The average Bonchev–Trinajstić information content (AvgIpc) is 3.70. The third kappa shape index (κ3) is 11.6. The van der Waals surface area contributed by atoms with Crippen molar-refractivity contribution in [2.24, 2.45) is 11.8 Å². The topological polar surface area (TPSA) is 398 Å². The first-order valence-corrected chi connectivity index (χ1v) is 23.7. The van der Waals surface area contributed by atoms with Crippen molar-refractivity contribution in [2.45, 2.75) is 36.9 Å². The summed E-state index contributed by atoms with van der Waals surface area (Å²) >= 11 is 0. The Morgan fingerprint density at radius 1 is 0.556 bits per heavy atom. The Balaban J connectivity index is 1.10. The molecule has 0 saturated carbocycles. The van der Waals surface area contributed by atoms with Gasteiger partial charge >= 0.3 is 42.7 Å². The summed E-state index contributed by atoms with van der Waals surface area (Å²) in [6.45, 7) is -2.49. The van der Waals surface area contributed by atoms with Gasteiger partial charge in [-0.3, -0.25) is 47.3 Å². The van der Waals surface area contributed by atoms with E-state index in [1.54, 1.807) is 12.1 Å².